The van der Waals surface area contributed by atoms with Gasteiger partial charge in [0.25, 0.3) is 0 Å². The smallest absolute Gasteiger partial charge is 0.361 e. The van der Waals surface area contributed by atoms with E-state index in [1.54, 1.807) is 0 Å². The van der Waals surface area contributed by atoms with E-state index in [2.05, 4.69) is 48.7 Å². The molecule has 0 aromatic heterocycles. The van der Waals surface area contributed by atoms with Crippen molar-refractivity contribution in [3.05, 3.63) is 0 Å². The Kier molecular flexibility index (Phi) is 6.26. The maximum absolute atomic E-state index is 12.0. The number of hydrogen-bond donors (Lipinski definition) is 0. The van der Waals surface area contributed by atoms with Gasteiger partial charge in [-0.05, 0) is 48.3 Å². The quantitative estimate of drug-likeness (QED) is 0.465. The second-order valence-electron chi connectivity index (χ2n) is 10.2. The highest BCUT2D eigenvalue weighted by molar-refractivity contribution is 5.70. The summed E-state index contributed by atoms with van der Waals surface area (Å²) in [7, 11) is 4.17. The number of carbonyl (C=O) groups excluding carboxylic acids is 1. The number of hydrogen-bond acceptors (Lipinski definition) is 3. The number of quaternary nitrogens is 1. The first-order chi connectivity index (χ1) is 11.5. The first kappa shape index (κ1) is 20.7. The van der Waals surface area contributed by atoms with E-state index in [9.17, 15) is 4.79 Å². The molecule has 2 rings (SSSR count). The van der Waals surface area contributed by atoms with Crippen LogP contribution < -0.4 is 0 Å². The van der Waals surface area contributed by atoms with E-state index in [0.29, 0.717) is 40.5 Å². The van der Waals surface area contributed by atoms with Crippen LogP contribution in [-0.2, 0) is 14.3 Å². The molecule has 0 heterocycles. The molecule has 4 nitrogen and oxygen atoms in total. The zero-order chi connectivity index (χ0) is 18.9. The molecule has 2 fully saturated rings. The van der Waals surface area contributed by atoms with E-state index in [1.807, 2.05) is 0 Å². The highest BCUT2D eigenvalue weighted by Gasteiger charge is 2.61. The van der Waals surface area contributed by atoms with E-state index in [0.717, 1.165) is 25.5 Å². The van der Waals surface area contributed by atoms with Crippen molar-refractivity contribution in [2.24, 2.45) is 22.7 Å². The van der Waals surface area contributed by atoms with Gasteiger partial charge in [0.2, 0.25) is 0 Å². The summed E-state index contributed by atoms with van der Waals surface area (Å²) in [6, 6.07) is 0. The van der Waals surface area contributed by atoms with Crippen LogP contribution in [0.15, 0.2) is 0 Å². The Morgan fingerprint density at radius 1 is 1.20 bits per heavy atom. The van der Waals surface area contributed by atoms with Crippen molar-refractivity contribution < 1.29 is 18.8 Å². The van der Waals surface area contributed by atoms with Crippen molar-refractivity contribution in [1.82, 2.24) is 0 Å². The molecule has 0 aromatic rings. The molecule has 0 saturated heterocycles. The molecular weight excluding hydrogens is 314 g/mol. The van der Waals surface area contributed by atoms with Gasteiger partial charge in [-0.1, -0.05) is 34.6 Å². The summed E-state index contributed by atoms with van der Waals surface area (Å²) in [6.07, 6.45) is 5.15. The fourth-order valence-electron chi connectivity index (χ4n) is 4.71. The van der Waals surface area contributed by atoms with Crippen molar-refractivity contribution in [3.63, 3.8) is 0 Å². The maximum Gasteiger partial charge on any atom is 0.361 e. The molecule has 2 saturated carbocycles. The van der Waals surface area contributed by atoms with Crippen LogP contribution in [0.1, 0.15) is 60.3 Å². The van der Waals surface area contributed by atoms with Gasteiger partial charge in [0.05, 0.1) is 33.4 Å². The third-order valence-corrected chi connectivity index (χ3v) is 7.24. The van der Waals surface area contributed by atoms with Crippen LogP contribution in [0.5, 0.6) is 0 Å². The lowest BCUT2D eigenvalue weighted by Crippen LogP contribution is -2.47. The molecule has 0 spiro atoms. The van der Waals surface area contributed by atoms with Crippen molar-refractivity contribution in [2.45, 2.75) is 66.4 Å². The Morgan fingerprint density at radius 3 is 2.40 bits per heavy atom. The number of esters is 1. The molecule has 0 radical (unpaired) electrons. The summed E-state index contributed by atoms with van der Waals surface area (Å²) in [4.78, 5) is 12.0. The Morgan fingerprint density at radius 2 is 1.88 bits per heavy atom. The number of carbonyl (C=O) groups is 1. The van der Waals surface area contributed by atoms with Crippen molar-refractivity contribution >= 4 is 5.97 Å². The summed E-state index contributed by atoms with van der Waals surface area (Å²) in [5.74, 6) is 1.27. The standard InChI is InChI=1S/C21H40NO3/c1-16(2)9-12-25-19(23)15-22(6,7)11-13-24-18-14-17-8-10-21(18,5)20(17,3)4/h16-18H,8-15H2,1-7H3/q+1/t17-,18-,21+/m0/s1. The van der Waals surface area contributed by atoms with Crippen LogP contribution in [0.3, 0.4) is 0 Å². The van der Waals surface area contributed by atoms with Gasteiger partial charge < -0.3 is 14.0 Å². The summed E-state index contributed by atoms with van der Waals surface area (Å²) < 4.78 is 12.3. The van der Waals surface area contributed by atoms with Gasteiger partial charge in [-0.25, -0.2) is 4.79 Å². The molecule has 2 bridgehead atoms. The highest BCUT2D eigenvalue weighted by atomic mass is 16.5. The van der Waals surface area contributed by atoms with E-state index in [4.69, 9.17) is 9.47 Å². The number of likely N-dealkylation sites (N-methyl/N-ethyl adjacent to an activating group) is 1. The lowest BCUT2D eigenvalue weighted by Gasteiger charge is -2.39. The molecule has 2 aliphatic carbocycles. The Bertz CT molecular complexity index is 472. The monoisotopic (exact) mass is 354 g/mol. The SMILES string of the molecule is CC(C)CCOC(=O)C[N+](C)(C)CCO[C@H]1C[C@@H]2CC[C@@]1(C)C2(C)C. The zero-order valence-corrected chi connectivity index (χ0v) is 17.6. The van der Waals surface area contributed by atoms with Crippen molar-refractivity contribution in [1.29, 1.82) is 0 Å². The van der Waals surface area contributed by atoms with Crippen molar-refractivity contribution in [2.75, 3.05) is 40.4 Å². The molecule has 146 valence electrons. The lowest BCUT2D eigenvalue weighted by atomic mass is 9.70. The molecule has 2 aliphatic rings. The molecule has 25 heavy (non-hydrogen) atoms. The minimum atomic E-state index is -0.0985. The van der Waals surface area contributed by atoms with Crippen LogP contribution in [0, 0.1) is 22.7 Å². The van der Waals surface area contributed by atoms with Gasteiger partial charge in [0.1, 0.15) is 6.54 Å². The number of rotatable bonds is 9. The molecule has 4 heteroatoms. The van der Waals surface area contributed by atoms with E-state index in [1.165, 1.54) is 19.3 Å². The third-order valence-electron chi connectivity index (χ3n) is 7.24. The highest BCUT2D eigenvalue weighted by Crippen LogP contribution is 2.66. The van der Waals surface area contributed by atoms with Crippen LogP contribution in [0.2, 0.25) is 0 Å². The van der Waals surface area contributed by atoms with Crippen LogP contribution in [0.4, 0.5) is 0 Å². The van der Waals surface area contributed by atoms with Gasteiger partial charge in [0, 0.05) is 0 Å². The molecule has 0 unspecified atom stereocenters. The zero-order valence-electron chi connectivity index (χ0n) is 17.6. The molecule has 0 aliphatic heterocycles. The van der Waals surface area contributed by atoms with Crippen molar-refractivity contribution in [3.8, 4) is 0 Å². The predicted octanol–water partition coefficient (Wildman–Crippen LogP) is 3.88. The van der Waals surface area contributed by atoms with E-state index < -0.39 is 0 Å². The Labute approximate surface area is 154 Å². The van der Waals surface area contributed by atoms with Crippen LogP contribution >= 0.6 is 0 Å². The van der Waals surface area contributed by atoms with Gasteiger partial charge in [-0.15, -0.1) is 0 Å². The Hall–Kier alpha value is -0.610. The summed E-state index contributed by atoms with van der Waals surface area (Å²) in [6.45, 7) is 14.0. The number of fused-ring (bicyclic) bond motifs is 2. The van der Waals surface area contributed by atoms with Gasteiger partial charge >= 0.3 is 5.97 Å². The largest absolute Gasteiger partial charge is 0.462 e. The second kappa shape index (κ2) is 7.56. The second-order valence-corrected chi connectivity index (χ2v) is 10.2. The van der Waals surface area contributed by atoms with Gasteiger partial charge in [-0.2, -0.15) is 0 Å². The fourth-order valence-corrected chi connectivity index (χ4v) is 4.71. The average molecular weight is 355 g/mol. The normalized spacial score (nSPS) is 30.9. The Balaban J connectivity index is 1.73. The average Bonchev–Trinajstić information content (AvgIpc) is 2.79. The molecule has 0 aromatic carbocycles. The number of nitrogens with zero attached hydrogens (tertiary/aromatic N) is 1. The molecule has 0 amide bonds. The molecule has 0 N–H and O–H groups in total. The summed E-state index contributed by atoms with van der Waals surface area (Å²) in [5.41, 5.74) is 0.701. The van der Waals surface area contributed by atoms with Crippen LogP contribution in [0.25, 0.3) is 0 Å². The fraction of sp³-hybridized carbons (Fsp3) is 0.952. The minimum Gasteiger partial charge on any atom is -0.462 e. The lowest BCUT2D eigenvalue weighted by molar-refractivity contribution is -0.883. The minimum absolute atomic E-state index is 0.0985. The summed E-state index contributed by atoms with van der Waals surface area (Å²) >= 11 is 0. The van der Waals surface area contributed by atoms with Crippen LogP contribution in [-0.4, -0.2) is 57.0 Å². The molecular formula is C21H40NO3+. The predicted molar refractivity (Wildman–Crippen MR) is 101 cm³/mol. The number of ether oxygens (including phenoxy) is 2. The maximum atomic E-state index is 12.0. The van der Waals surface area contributed by atoms with E-state index >= 15 is 0 Å². The van der Waals surface area contributed by atoms with Gasteiger partial charge in [-0.3, -0.25) is 0 Å². The first-order valence-corrected chi connectivity index (χ1v) is 10.1. The van der Waals surface area contributed by atoms with Gasteiger partial charge in [0.15, 0.2) is 6.54 Å². The summed E-state index contributed by atoms with van der Waals surface area (Å²) in [5, 5.41) is 0. The van der Waals surface area contributed by atoms with E-state index in [-0.39, 0.29) is 5.97 Å². The molecule has 3 atom stereocenters. The first-order valence-electron chi connectivity index (χ1n) is 10.1. The topological polar surface area (TPSA) is 35.5 Å². The third kappa shape index (κ3) is 4.57.